The van der Waals surface area contributed by atoms with E-state index in [2.05, 4.69) is 39.2 Å². The molecule has 32 heavy (non-hydrogen) atoms. The number of likely N-dealkylation sites (tertiary alicyclic amines) is 2. The lowest BCUT2D eigenvalue weighted by Gasteiger charge is -2.40. The van der Waals surface area contributed by atoms with Crippen LogP contribution in [-0.4, -0.2) is 84.4 Å². The van der Waals surface area contributed by atoms with Crippen LogP contribution in [0.3, 0.4) is 0 Å². The summed E-state index contributed by atoms with van der Waals surface area (Å²) < 4.78 is 5.31. The van der Waals surface area contributed by atoms with Crippen LogP contribution in [0.1, 0.15) is 39.5 Å². The van der Waals surface area contributed by atoms with Crippen molar-refractivity contribution in [1.82, 2.24) is 20.0 Å². The summed E-state index contributed by atoms with van der Waals surface area (Å²) in [6, 6.07) is 7.91. The zero-order valence-corrected chi connectivity index (χ0v) is 21.5. The minimum atomic E-state index is 0.370. The smallest absolute Gasteiger partial charge is 0.173 e. The second-order valence-electron chi connectivity index (χ2n) is 8.93. The number of benzene rings is 1. The predicted octanol–water partition coefficient (Wildman–Crippen LogP) is 3.79. The molecule has 2 aliphatic heterocycles. The highest BCUT2D eigenvalue weighted by molar-refractivity contribution is 7.80. The Bertz CT molecular complexity index is 763. The number of thiocarbonyl (C=S) groups is 2. The Morgan fingerprint density at radius 1 is 1.06 bits per heavy atom. The van der Waals surface area contributed by atoms with E-state index in [4.69, 9.17) is 29.2 Å². The molecular weight excluding hydrogens is 438 g/mol. The van der Waals surface area contributed by atoms with E-state index in [1.807, 2.05) is 24.3 Å². The third kappa shape index (κ3) is 6.68. The lowest BCUT2D eigenvalue weighted by molar-refractivity contribution is 0.161. The molecule has 0 saturated carbocycles. The topological polar surface area (TPSA) is 43.0 Å². The summed E-state index contributed by atoms with van der Waals surface area (Å²) in [7, 11) is 1.68. The van der Waals surface area contributed by atoms with Crippen molar-refractivity contribution in [3.8, 4) is 5.75 Å². The van der Waals surface area contributed by atoms with Crippen molar-refractivity contribution in [1.29, 1.82) is 0 Å². The van der Waals surface area contributed by atoms with Gasteiger partial charge in [-0.1, -0.05) is 19.9 Å². The van der Waals surface area contributed by atoms with E-state index < -0.39 is 0 Å². The van der Waals surface area contributed by atoms with E-state index in [0.717, 1.165) is 93.3 Å². The number of methoxy groups -OCH3 is 1. The first-order valence-electron chi connectivity index (χ1n) is 11.9. The molecule has 2 aliphatic rings. The zero-order chi connectivity index (χ0) is 23.0. The highest BCUT2D eigenvalue weighted by atomic mass is 32.1. The van der Waals surface area contributed by atoms with Crippen molar-refractivity contribution in [3.05, 3.63) is 24.3 Å². The van der Waals surface area contributed by atoms with Crippen LogP contribution in [-0.2, 0) is 0 Å². The molecule has 0 radical (unpaired) electrons. The van der Waals surface area contributed by atoms with E-state index in [0.29, 0.717) is 5.41 Å². The molecule has 0 bridgehead atoms. The Hall–Kier alpha value is -1.64. The van der Waals surface area contributed by atoms with Gasteiger partial charge in [0.2, 0.25) is 0 Å². The van der Waals surface area contributed by atoms with Gasteiger partial charge in [0.15, 0.2) is 10.2 Å². The first-order chi connectivity index (χ1) is 15.5. The van der Waals surface area contributed by atoms with Crippen LogP contribution < -0.4 is 15.4 Å². The van der Waals surface area contributed by atoms with E-state index in [9.17, 15) is 0 Å². The molecule has 0 unspecified atom stereocenters. The molecule has 1 spiro atoms. The Kier molecular flexibility index (Phi) is 9.37. The Morgan fingerprint density at radius 2 is 1.75 bits per heavy atom. The van der Waals surface area contributed by atoms with Gasteiger partial charge >= 0.3 is 0 Å². The first kappa shape index (κ1) is 25.0. The molecule has 2 saturated heterocycles. The van der Waals surface area contributed by atoms with Gasteiger partial charge in [-0.2, -0.15) is 0 Å². The number of anilines is 1. The largest absolute Gasteiger partial charge is 0.497 e. The fourth-order valence-electron chi connectivity index (χ4n) is 4.75. The molecule has 2 N–H and O–H groups in total. The van der Waals surface area contributed by atoms with Crippen LogP contribution in [0.4, 0.5) is 5.69 Å². The summed E-state index contributed by atoms with van der Waals surface area (Å²) in [5.74, 6) is 0.832. The van der Waals surface area contributed by atoms with Gasteiger partial charge in [-0.3, -0.25) is 0 Å². The molecule has 1 aromatic carbocycles. The van der Waals surface area contributed by atoms with Gasteiger partial charge in [0.25, 0.3) is 0 Å². The quantitative estimate of drug-likeness (QED) is 0.433. The molecule has 0 aliphatic carbocycles. The van der Waals surface area contributed by atoms with Crippen molar-refractivity contribution < 1.29 is 4.74 Å². The molecule has 0 amide bonds. The SMILES string of the molecule is CCN(CC)CCCNC(=S)N1CCC2(CCN(C(=S)Nc3cccc(OC)c3)CC2)C1. The maximum Gasteiger partial charge on any atom is 0.173 e. The second kappa shape index (κ2) is 12.0. The summed E-state index contributed by atoms with van der Waals surface area (Å²) in [4.78, 5) is 7.14. The van der Waals surface area contributed by atoms with Crippen molar-refractivity contribution >= 4 is 40.3 Å². The minimum Gasteiger partial charge on any atom is -0.497 e. The van der Waals surface area contributed by atoms with Crippen LogP contribution in [0.15, 0.2) is 24.3 Å². The standard InChI is InChI=1S/C24H39N5OS2/c1-4-27(5-2)14-7-13-25-22(31)29-17-12-24(19-29)10-15-28(16-11-24)23(32)26-20-8-6-9-21(18-20)30-3/h6,8-9,18H,4-5,7,10-17,19H2,1-3H3,(H,25,31)(H,26,32). The minimum absolute atomic E-state index is 0.370. The monoisotopic (exact) mass is 477 g/mol. The normalized spacial score (nSPS) is 17.6. The molecule has 0 aromatic heterocycles. The van der Waals surface area contributed by atoms with Crippen molar-refractivity contribution in [2.45, 2.75) is 39.5 Å². The molecule has 6 nitrogen and oxygen atoms in total. The summed E-state index contributed by atoms with van der Waals surface area (Å²) in [6.45, 7) is 12.9. The van der Waals surface area contributed by atoms with Gasteiger partial charge in [-0.25, -0.2) is 0 Å². The molecule has 3 rings (SSSR count). The molecule has 2 fully saturated rings. The van der Waals surface area contributed by atoms with Crippen LogP contribution >= 0.6 is 24.4 Å². The maximum atomic E-state index is 5.71. The van der Waals surface area contributed by atoms with E-state index >= 15 is 0 Å². The lowest BCUT2D eigenvalue weighted by Crippen LogP contribution is -2.47. The second-order valence-corrected chi connectivity index (χ2v) is 9.71. The number of hydrogen-bond donors (Lipinski definition) is 2. The van der Waals surface area contributed by atoms with Crippen LogP contribution in [0, 0.1) is 5.41 Å². The van der Waals surface area contributed by atoms with Gasteiger partial charge in [-0.15, -0.1) is 0 Å². The van der Waals surface area contributed by atoms with Crippen molar-refractivity contribution in [2.24, 2.45) is 5.41 Å². The Balaban J connectivity index is 1.40. The summed E-state index contributed by atoms with van der Waals surface area (Å²) in [5.41, 5.74) is 1.34. The number of piperidine rings is 1. The molecule has 0 atom stereocenters. The summed E-state index contributed by atoms with van der Waals surface area (Å²) in [5, 5.41) is 8.59. The number of hydrogen-bond acceptors (Lipinski definition) is 4. The first-order valence-corrected chi connectivity index (χ1v) is 12.8. The lowest BCUT2D eigenvalue weighted by atomic mass is 9.78. The van der Waals surface area contributed by atoms with E-state index in [1.165, 1.54) is 6.42 Å². The third-order valence-corrected chi connectivity index (χ3v) is 7.74. The number of ether oxygens (including phenoxy) is 1. The average molecular weight is 478 g/mol. The maximum absolute atomic E-state index is 5.71. The summed E-state index contributed by atoms with van der Waals surface area (Å²) >= 11 is 11.4. The van der Waals surface area contributed by atoms with Gasteiger partial charge < -0.3 is 30.1 Å². The van der Waals surface area contributed by atoms with Gasteiger partial charge in [0.1, 0.15) is 5.75 Å². The highest BCUT2D eigenvalue weighted by Gasteiger charge is 2.41. The molecule has 1 aromatic rings. The van der Waals surface area contributed by atoms with Crippen molar-refractivity contribution in [3.63, 3.8) is 0 Å². The van der Waals surface area contributed by atoms with Crippen molar-refractivity contribution in [2.75, 3.05) is 64.8 Å². The Labute approximate surface area is 204 Å². The number of nitrogens with one attached hydrogen (secondary N) is 2. The average Bonchev–Trinajstić information content (AvgIpc) is 3.23. The van der Waals surface area contributed by atoms with E-state index in [1.54, 1.807) is 7.11 Å². The molecule has 2 heterocycles. The fourth-order valence-corrected chi connectivity index (χ4v) is 5.31. The molecular formula is C24H39N5OS2. The van der Waals surface area contributed by atoms with Crippen LogP contribution in [0.2, 0.25) is 0 Å². The van der Waals surface area contributed by atoms with E-state index in [-0.39, 0.29) is 0 Å². The van der Waals surface area contributed by atoms with Crippen LogP contribution in [0.25, 0.3) is 0 Å². The van der Waals surface area contributed by atoms with Gasteiger partial charge in [-0.05, 0) is 87.3 Å². The molecule has 178 valence electrons. The predicted molar refractivity (Wildman–Crippen MR) is 142 cm³/mol. The summed E-state index contributed by atoms with van der Waals surface area (Å²) in [6.07, 6.45) is 4.67. The number of nitrogens with zero attached hydrogens (tertiary/aromatic N) is 3. The number of rotatable bonds is 8. The third-order valence-electron chi connectivity index (χ3n) is 6.98. The van der Waals surface area contributed by atoms with Gasteiger partial charge in [0, 0.05) is 44.5 Å². The van der Waals surface area contributed by atoms with Crippen LogP contribution in [0.5, 0.6) is 5.75 Å². The van der Waals surface area contributed by atoms with Gasteiger partial charge in [0.05, 0.1) is 7.11 Å². The fraction of sp³-hybridized carbons (Fsp3) is 0.667. The highest BCUT2D eigenvalue weighted by Crippen LogP contribution is 2.40. The zero-order valence-electron chi connectivity index (χ0n) is 19.9. The Morgan fingerprint density at radius 3 is 2.41 bits per heavy atom. The molecule has 8 heteroatoms.